The molecule has 47 heavy (non-hydrogen) atoms. The van der Waals surface area contributed by atoms with Crippen LogP contribution in [0.1, 0.15) is 43.2 Å². The highest BCUT2D eigenvalue weighted by atomic mass is 35.5. The maximum atomic E-state index is 14.1. The monoisotopic (exact) mass is 660 g/mol. The highest BCUT2D eigenvalue weighted by molar-refractivity contribution is 6.35. The van der Waals surface area contributed by atoms with E-state index in [0.717, 1.165) is 86.0 Å². The number of nitrogens with zero attached hydrogens (tertiary/aromatic N) is 5. The molecular formula is C35H45ClN8O3. The Morgan fingerprint density at radius 3 is 2.47 bits per heavy atom. The van der Waals surface area contributed by atoms with Gasteiger partial charge in [0.25, 0.3) is 0 Å². The summed E-state index contributed by atoms with van der Waals surface area (Å²) in [5.74, 6) is -0.443. The molecule has 7 rings (SSSR count). The number of nitrogens with one attached hydrogen (secondary N) is 3. The van der Waals surface area contributed by atoms with E-state index in [2.05, 4.69) is 31.8 Å². The Labute approximate surface area is 280 Å². The molecule has 0 saturated carbocycles. The topological polar surface area (TPSA) is 117 Å². The standard InChI is InChI=1S/C35H45ClN8O3/c36-30-21-24(20-27-23-38-40-33(27)30)19-26(34(46)43-17-15-41(16-18-43)28-5-10-37-11-6-28)22-32(45)42-12-8-29(9-13-42)44-14-7-25-3-1-2-4-31(25)39-35(44)47/h1-4,20-21,23,26,28-29,37H,5-19,22H2,(H,38,40)(H,39,47). The average Bonchev–Trinajstić information content (AvgIpc) is 3.52. The van der Waals surface area contributed by atoms with E-state index in [1.807, 2.05) is 45.0 Å². The number of para-hydroxylation sites is 1. The molecular weight excluding hydrogens is 616 g/mol. The first-order chi connectivity index (χ1) is 22.9. The number of carbonyl (C=O) groups is 3. The van der Waals surface area contributed by atoms with Gasteiger partial charge in [-0.3, -0.25) is 19.6 Å². The molecule has 2 aromatic carbocycles. The Balaban J connectivity index is 1.00. The summed E-state index contributed by atoms with van der Waals surface area (Å²) in [4.78, 5) is 49.4. The first-order valence-electron chi connectivity index (χ1n) is 17.2. The SMILES string of the molecule is O=C(CC(Cc1cc(Cl)c2[nH]ncc2c1)C(=O)N1CCN(C2CCNCC2)CC1)N1CCC(N2CCc3ccccc3NC2=O)CC1. The summed E-state index contributed by atoms with van der Waals surface area (Å²) < 4.78 is 0. The number of H-pyrrole nitrogens is 1. The van der Waals surface area contributed by atoms with Crippen molar-refractivity contribution in [2.45, 2.75) is 57.0 Å². The van der Waals surface area contributed by atoms with E-state index < -0.39 is 5.92 Å². The number of anilines is 1. The van der Waals surface area contributed by atoms with Crippen molar-refractivity contribution in [3.05, 3.63) is 58.7 Å². The van der Waals surface area contributed by atoms with Crippen LogP contribution in [0.3, 0.4) is 0 Å². The van der Waals surface area contributed by atoms with Crippen LogP contribution in [-0.4, -0.2) is 119 Å². The second-order valence-corrected chi connectivity index (χ2v) is 13.9. The van der Waals surface area contributed by atoms with Gasteiger partial charge in [-0.15, -0.1) is 0 Å². The number of hydrogen-bond acceptors (Lipinski definition) is 6. The molecule has 3 N–H and O–H groups in total. The van der Waals surface area contributed by atoms with Crippen LogP contribution in [0.25, 0.3) is 10.9 Å². The fourth-order valence-corrected chi connectivity index (χ4v) is 8.26. The fraction of sp³-hybridized carbons (Fsp3) is 0.543. The van der Waals surface area contributed by atoms with Crippen molar-refractivity contribution in [2.24, 2.45) is 5.92 Å². The molecule has 11 nitrogen and oxygen atoms in total. The molecule has 250 valence electrons. The van der Waals surface area contributed by atoms with Crippen LogP contribution in [0, 0.1) is 5.92 Å². The van der Waals surface area contributed by atoms with E-state index in [1.165, 1.54) is 0 Å². The Kier molecular flexibility index (Phi) is 9.65. The molecule has 1 aromatic heterocycles. The lowest BCUT2D eigenvalue weighted by Crippen LogP contribution is -2.55. The number of fused-ring (bicyclic) bond motifs is 2. The number of aromatic nitrogens is 2. The number of rotatable bonds is 7. The third kappa shape index (κ3) is 7.12. The van der Waals surface area contributed by atoms with Crippen molar-refractivity contribution in [2.75, 3.05) is 64.2 Å². The number of halogens is 1. The molecule has 12 heteroatoms. The summed E-state index contributed by atoms with van der Waals surface area (Å²) in [5, 5.41) is 15.0. The third-order valence-electron chi connectivity index (χ3n) is 10.7. The van der Waals surface area contributed by atoms with Gasteiger partial charge in [-0.25, -0.2) is 4.79 Å². The summed E-state index contributed by atoms with van der Waals surface area (Å²) in [5.41, 5.74) is 3.72. The van der Waals surface area contributed by atoms with Crippen molar-refractivity contribution in [3.8, 4) is 0 Å². The van der Waals surface area contributed by atoms with E-state index in [4.69, 9.17) is 11.6 Å². The van der Waals surface area contributed by atoms with Gasteiger partial charge in [-0.05, 0) is 80.9 Å². The lowest BCUT2D eigenvalue weighted by molar-refractivity contribution is -0.143. The molecule has 0 aliphatic carbocycles. The summed E-state index contributed by atoms with van der Waals surface area (Å²) in [6, 6.07) is 12.4. The molecule has 1 unspecified atom stereocenters. The number of amides is 4. The highest BCUT2D eigenvalue weighted by Crippen LogP contribution is 2.29. The zero-order valence-electron chi connectivity index (χ0n) is 26.9. The largest absolute Gasteiger partial charge is 0.343 e. The van der Waals surface area contributed by atoms with Gasteiger partial charge >= 0.3 is 6.03 Å². The van der Waals surface area contributed by atoms with E-state index in [9.17, 15) is 14.4 Å². The molecule has 0 spiro atoms. The predicted octanol–water partition coefficient (Wildman–Crippen LogP) is 3.74. The molecule has 5 heterocycles. The van der Waals surface area contributed by atoms with Gasteiger partial charge in [0.05, 0.1) is 22.7 Å². The van der Waals surface area contributed by atoms with E-state index in [-0.39, 0.29) is 30.3 Å². The first-order valence-corrected chi connectivity index (χ1v) is 17.6. The minimum atomic E-state index is -0.485. The van der Waals surface area contributed by atoms with Gasteiger partial charge in [-0.1, -0.05) is 29.8 Å². The zero-order valence-corrected chi connectivity index (χ0v) is 27.7. The number of benzene rings is 2. The third-order valence-corrected chi connectivity index (χ3v) is 11.0. The van der Waals surface area contributed by atoms with Crippen molar-refractivity contribution < 1.29 is 14.4 Å². The van der Waals surface area contributed by atoms with Crippen molar-refractivity contribution >= 4 is 46.0 Å². The van der Waals surface area contributed by atoms with E-state index >= 15 is 0 Å². The van der Waals surface area contributed by atoms with Crippen LogP contribution in [-0.2, 0) is 22.4 Å². The number of piperazine rings is 1. The van der Waals surface area contributed by atoms with Crippen LogP contribution in [0.2, 0.25) is 5.02 Å². The summed E-state index contributed by atoms with van der Waals surface area (Å²) in [6.07, 6.45) is 6.87. The Morgan fingerprint density at radius 1 is 0.915 bits per heavy atom. The van der Waals surface area contributed by atoms with Crippen LogP contribution in [0.4, 0.5) is 10.5 Å². The Hall–Kier alpha value is -3.67. The normalized spacial score (nSPS) is 21.0. The van der Waals surface area contributed by atoms with Crippen LogP contribution < -0.4 is 10.6 Å². The van der Waals surface area contributed by atoms with Gasteiger partial charge in [0.1, 0.15) is 0 Å². The number of carbonyl (C=O) groups excluding carboxylic acids is 3. The number of likely N-dealkylation sites (tertiary alicyclic amines) is 1. The van der Waals surface area contributed by atoms with E-state index in [0.29, 0.717) is 50.2 Å². The first kappa shape index (κ1) is 31.9. The molecule has 4 aliphatic rings. The molecule has 0 bridgehead atoms. The predicted molar refractivity (Wildman–Crippen MR) is 182 cm³/mol. The lowest BCUT2D eigenvalue weighted by Gasteiger charge is -2.42. The minimum absolute atomic E-state index is 0.00153. The average molecular weight is 661 g/mol. The van der Waals surface area contributed by atoms with Gasteiger partial charge in [0, 0.05) is 75.4 Å². The number of urea groups is 1. The van der Waals surface area contributed by atoms with Crippen LogP contribution >= 0.6 is 11.6 Å². The van der Waals surface area contributed by atoms with Gasteiger partial charge < -0.3 is 25.3 Å². The van der Waals surface area contributed by atoms with Crippen LogP contribution in [0.5, 0.6) is 0 Å². The summed E-state index contributed by atoms with van der Waals surface area (Å²) >= 11 is 6.57. The number of hydrogen-bond donors (Lipinski definition) is 3. The molecule has 4 aliphatic heterocycles. The number of aromatic amines is 1. The molecule has 3 fully saturated rings. The Bertz CT molecular complexity index is 1590. The zero-order chi connectivity index (χ0) is 32.3. The second-order valence-electron chi connectivity index (χ2n) is 13.5. The Morgan fingerprint density at radius 2 is 1.68 bits per heavy atom. The molecule has 1 atom stereocenters. The van der Waals surface area contributed by atoms with Crippen molar-refractivity contribution in [1.29, 1.82) is 0 Å². The molecule has 3 aromatic rings. The highest BCUT2D eigenvalue weighted by Gasteiger charge is 2.35. The fourth-order valence-electron chi connectivity index (χ4n) is 7.96. The van der Waals surface area contributed by atoms with Crippen molar-refractivity contribution in [1.82, 2.24) is 35.1 Å². The second kappa shape index (κ2) is 14.2. The summed E-state index contributed by atoms with van der Waals surface area (Å²) in [7, 11) is 0. The maximum Gasteiger partial charge on any atom is 0.322 e. The minimum Gasteiger partial charge on any atom is -0.343 e. The van der Waals surface area contributed by atoms with Crippen molar-refractivity contribution in [3.63, 3.8) is 0 Å². The molecule has 3 saturated heterocycles. The quantitative estimate of drug-likeness (QED) is 0.356. The van der Waals surface area contributed by atoms with Gasteiger partial charge in [0.15, 0.2) is 0 Å². The molecule has 4 amide bonds. The lowest BCUT2D eigenvalue weighted by atomic mass is 9.92. The van der Waals surface area contributed by atoms with Gasteiger partial charge in [0.2, 0.25) is 11.8 Å². The van der Waals surface area contributed by atoms with Gasteiger partial charge in [-0.2, -0.15) is 5.10 Å². The van der Waals surface area contributed by atoms with Crippen LogP contribution in [0.15, 0.2) is 42.6 Å². The smallest absolute Gasteiger partial charge is 0.322 e. The van der Waals surface area contributed by atoms with E-state index in [1.54, 1.807) is 6.20 Å². The maximum absolute atomic E-state index is 14.1. The number of piperidine rings is 2. The summed E-state index contributed by atoms with van der Waals surface area (Å²) in [6.45, 7) is 7.00. The molecule has 0 radical (unpaired) electrons.